The Balaban J connectivity index is 2.10. The number of pyridine rings is 1. The number of carbonyl (C=O) groups is 1. The van der Waals surface area contributed by atoms with E-state index in [9.17, 15) is 14.0 Å². The van der Waals surface area contributed by atoms with Crippen molar-refractivity contribution in [1.82, 2.24) is 9.88 Å². The van der Waals surface area contributed by atoms with E-state index in [0.29, 0.717) is 11.3 Å². The van der Waals surface area contributed by atoms with Gasteiger partial charge in [-0.05, 0) is 40.2 Å². The van der Waals surface area contributed by atoms with Crippen LogP contribution >= 0.6 is 27.5 Å². The van der Waals surface area contributed by atoms with Crippen LogP contribution in [0.1, 0.15) is 16.1 Å². The molecule has 2 N–H and O–H groups in total. The molecule has 1 aromatic carbocycles. The predicted octanol–water partition coefficient (Wildman–Crippen LogP) is 2.27. The first kappa shape index (κ1) is 13.8. The molecular formula is C14H8BrClFN3O2. The van der Waals surface area contributed by atoms with Gasteiger partial charge in [0.2, 0.25) is 0 Å². The molecule has 8 heteroatoms. The maximum absolute atomic E-state index is 13.7. The van der Waals surface area contributed by atoms with Crippen molar-refractivity contribution < 1.29 is 9.18 Å². The Labute approximate surface area is 137 Å². The minimum absolute atomic E-state index is 0.0776. The summed E-state index contributed by atoms with van der Waals surface area (Å²) in [5.41, 5.74) is -0.340. The molecule has 1 aromatic heterocycles. The second kappa shape index (κ2) is 4.33. The average Bonchev–Trinajstić information content (AvgIpc) is 2.96. The van der Waals surface area contributed by atoms with Crippen LogP contribution in [-0.4, -0.2) is 17.0 Å². The van der Waals surface area contributed by atoms with Gasteiger partial charge in [-0.1, -0.05) is 11.6 Å². The number of amides is 1. The monoisotopic (exact) mass is 383 g/mol. The standard InChI is InChI=1S/C14H8BrClFN3O2/c15-8-4-9(16)11-12(21)19-14(20(11)13(8)22)5-18-10-2-1-6(17)3-7(10)14/h1-4,18H,5H2,(H,19,21). The first-order chi connectivity index (χ1) is 10.4. The summed E-state index contributed by atoms with van der Waals surface area (Å²) in [6.07, 6.45) is 0. The maximum Gasteiger partial charge on any atom is 0.271 e. The number of aromatic nitrogens is 1. The van der Waals surface area contributed by atoms with E-state index in [-0.39, 0.29) is 21.7 Å². The van der Waals surface area contributed by atoms with Crippen molar-refractivity contribution >= 4 is 39.1 Å². The SMILES string of the molecule is O=C1NC2(CNc3ccc(F)cc32)n2c1c(Cl)cc(Br)c2=O. The first-order valence-electron chi connectivity index (χ1n) is 6.42. The molecule has 3 heterocycles. The van der Waals surface area contributed by atoms with Crippen molar-refractivity contribution in [1.29, 1.82) is 0 Å². The number of fused-ring (bicyclic) bond motifs is 4. The van der Waals surface area contributed by atoms with E-state index in [1.54, 1.807) is 6.07 Å². The van der Waals surface area contributed by atoms with Crippen LogP contribution in [0.3, 0.4) is 0 Å². The number of nitrogens with zero attached hydrogens (tertiary/aromatic N) is 1. The Kier molecular flexibility index (Phi) is 2.71. The molecule has 1 amide bonds. The second-order valence-electron chi connectivity index (χ2n) is 5.19. The van der Waals surface area contributed by atoms with Crippen LogP contribution in [0.25, 0.3) is 0 Å². The topological polar surface area (TPSA) is 63.1 Å². The quantitative estimate of drug-likeness (QED) is 0.732. The van der Waals surface area contributed by atoms with Crippen molar-refractivity contribution in [3.8, 4) is 0 Å². The number of halogens is 3. The van der Waals surface area contributed by atoms with Gasteiger partial charge in [0.05, 0.1) is 16.0 Å². The summed E-state index contributed by atoms with van der Waals surface area (Å²) in [6.45, 7) is 0.233. The predicted molar refractivity (Wildman–Crippen MR) is 82.8 cm³/mol. The van der Waals surface area contributed by atoms with Gasteiger partial charge in [-0.3, -0.25) is 14.2 Å². The number of nitrogens with one attached hydrogen (secondary N) is 2. The molecule has 0 radical (unpaired) electrons. The Hall–Kier alpha value is -1.86. The van der Waals surface area contributed by atoms with Crippen LogP contribution in [0.15, 0.2) is 33.5 Å². The molecule has 4 rings (SSSR count). The van der Waals surface area contributed by atoms with Gasteiger partial charge in [0.25, 0.3) is 11.5 Å². The summed E-state index contributed by atoms with van der Waals surface area (Å²) >= 11 is 9.27. The lowest BCUT2D eigenvalue weighted by Gasteiger charge is -2.26. The molecule has 22 heavy (non-hydrogen) atoms. The largest absolute Gasteiger partial charge is 0.380 e. The highest BCUT2D eigenvalue weighted by Gasteiger charge is 2.50. The molecule has 112 valence electrons. The van der Waals surface area contributed by atoms with Gasteiger partial charge in [0.15, 0.2) is 5.66 Å². The lowest BCUT2D eigenvalue weighted by molar-refractivity contribution is 0.0941. The van der Waals surface area contributed by atoms with Crippen LogP contribution in [-0.2, 0) is 5.66 Å². The summed E-state index contributed by atoms with van der Waals surface area (Å²) in [5, 5.41) is 6.02. The summed E-state index contributed by atoms with van der Waals surface area (Å²) in [4.78, 5) is 24.9. The molecule has 0 bridgehead atoms. The molecule has 0 fully saturated rings. The van der Waals surface area contributed by atoms with Gasteiger partial charge in [-0.2, -0.15) is 0 Å². The average molecular weight is 385 g/mol. The highest BCUT2D eigenvalue weighted by atomic mass is 79.9. The minimum Gasteiger partial charge on any atom is -0.380 e. The van der Waals surface area contributed by atoms with E-state index in [1.807, 2.05) is 0 Å². The number of anilines is 1. The number of benzene rings is 1. The van der Waals surface area contributed by atoms with Gasteiger partial charge in [0.1, 0.15) is 11.5 Å². The zero-order valence-electron chi connectivity index (χ0n) is 10.9. The van der Waals surface area contributed by atoms with Crippen molar-refractivity contribution in [2.45, 2.75) is 5.66 Å². The molecule has 2 aromatic rings. The Morgan fingerprint density at radius 1 is 1.32 bits per heavy atom. The van der Waals surface area contributed by atoms with E-state index in [1.165, 1.54) is 22.8 Å². The highest BCUT2D eigenvalue weighted by Crippen LogP contribution is 2.40. The maximum atomic E-state index is 13.7. The zero-order valence-corrected chi connectivity index (χ0v) is 13.3. The molecule has 5 nitrogen and oxygen atoms in total. The van der Waals surface area contributed by atoms with E-state index in [4.69, 9.17) is 11.6 Å². The fourth-order valence-electron chi connectivity index (χ4n) is 3.08. The Morgan fingerprint density at radius 2 is 2.09 bits per heavy atom. The summed E-state index contributed by atoms with van der Waals surface area (Å²) in [6, 6.07) is 5.60. The summed E-state index contributed by atoms with van der Waals surface area (Å²) in [7, 11) is 0. The fraction of sp³-hybridized carbons (Fsp3) is 0.143. The van der Waals surface area contributed by atoms with Crippen molar-refractivity contribution in [2.75, 3.05) is 11.9 Å². The summed E-state index contributed by atoms with van der Waals surface area (Å²) < 4.78 is 15.2. The van der Waals surface area contributed by atoms with E-state index in [2.05, 4.69) is 26.6 Å². The molecule has 0 aliphatic carbocycles. The third-order valence-electron chi connectivity index (χ3n) is 3.99. The molecule has 1 atom stereocenters. The zero-order chi connectivity index (χ0) is 15.6. The minimum atomic E-state index is -1.17. The third kappa shape index (κ3) is 1.58. The van der Waals surface area contributed by atoms with Gasteiger partial charge in [0, 0.05) is 11.3 Å². The fourth-order valence-corrected chi connectivity index (χ4v) is 3.89. The number of hydrogen-bond acceptors (Lipinski definition) is 3. The smallest absolute Gasteiger partial charge is 0.271 e. The van der Waals surface area contributed by atoms with E-state index in [0.717, 1.165) is 0 Å². The van der Waals surface area contributed by atoms with Crippen LogP contribution in [0.5, 0.6) is 0 Å². The van der Waals surface area contributed by atoms with Crippen molar-refractivity contribution in [3.05, 3.63) is 61.2 Å². The van der Waals surface area contributed by atoms with Crippen molar-refractivity contribution in [3.63, 3.8) is 0 Å². The second-order valence-corrected chi connectivity index (χ2v) is 6.45. The van der Waals surface area contributed by atoms with Crippen LogP contribution < -0.4 is 16.2 Å². The molecule has 1 unspecified atom stereocenters. The van der Waals surface area contributed by atoms with Gasteiger partial charge in [-0.15, -0.1) is 0 Å². The number of rotatable bonds is 0. The van der Waals surface area contributed by atoms with Gasteiger partial charge >= 0.3 is 0 Å². The highest BCUT2D eigenvalue weighted by molar-refractivity contribution is 9.10. The molecule has 0 saturated carbocycles. The first-order valence-corrected chi connectivity index (χ1v) is 7.59. The Morgan fingerprint density at radius 3 is 2.86 bits per heavy atom. The van der Waals surface area contributed by atoms with Crippen LogP contribution in [0.4, 0.5) is 10.1 Å². The van der Waals surface area contributed by atoms with Crippen molar-refractivity contribution in [2.24, 2.45) is 0 Å². The van der Waals surface area contributed by atoms with E-state index >= 15 is 0 Å². The third-order valence-corrected chi connectivity index (χ3v) is 4.85. The van der Waals surface area contributed by atoms with Crippen LogP contribution in [0, 0.1) is 5.82 Å². The Bertz CT molecular complexity index is 914. The normalized spacial score (nSPS) is 21.5. The lowest BCUT2D eigenvalue weighted by atomic mass is 10.0. The summed E-state index contributed by atoms with van der Waals surface area (Å²) in [5.74, 6) is -0.910. The van der Waals surface area contributed by atoms with Gasteiger partial charge < -0.3 is 10.6 Å². The van der Waals surface area contributed by atoms with Gasteiger partial charge in [-0.25, -0.2) is 4.39 Å². The molecule has 2 aliphatic heterocycles. The molecule has 1 spiro atoms. The lowest BCUT2D eigenvalue weighted by Crippen LogP contribution is -2.50. The van der Waals surface area contributed by atoms with E-state index < -0.39 is 22.9 Å². The molecule has 2 aliphatic rings. The van der Waals surface area contributed by atoms with Crippen LogP contribution in [0.2, 0.25) is 5.02 Å². The molecule has 0 saturated heterocycles. The number of carbonyl (C=O) groups excluding carboxylic acids is 1. The number of hydrogen-bond donors (Lipinski definition) is 2. The molecular weight excluding hydrogens is 377 g/mol.